The second-order valence-corrected chi connectivity index (χ2v) is 9.15. The van der Waals surface area contributed by atoms with E-state index >= 15 is 0 Å². The lowest BCUT2D eigenvalue weighted by atomic mass is 9.71. The second kappa shape index (κ2) is 14.1. The van der Waals surface area contributed by atoms with Crippen molar-refractivity contribution in [2.45, 2.75) is 70.3 Å². The van der Waals surface area contributed by atoms with Gasteiger partial charge >= 0.3 is 0 Å². The van der Waals surface area contributed by atoms with Gasteiger partial charge in [-0.05, 0) is 48.3 Å². The van der Waals surface area contributed by atoms with Crippen LogP contribution in [0.25, 0.3) is 0 Å². The van der Waals surface area contributed by atoms with E-state index in [2.05, 4.69) is 97.9 Å². The second-order valence-electron chi connectivity index (χ2n) is 9.15. The molecule has 3 rings (SSSR count). The standard InChI is InChI=1S/C30H39N.ClH/c1-2-3-4-5-15-22-29(23-26-16-9-6-10-17-26)30(31,24-27-18-11-7-12-19-27)25-28-20-13-8-14-21-28;/h6-14,16-21,29H,2-5,15,22-25,31H2,1H3;1H. The fourth-order valence-electron chi connectivity index (χ4n) is 4.79. The van der Waals surface area contributed by atoms with Gasteiger partial charge in [0.2, 0.25) is 0 Å². The topological polar surface area (TPSA) is 26.0 Å². The Morgan fingerprint density at radius 1 is 0.625 bits per heavy atom. The summed E-state index contributed by atoms with van der Waals surface area (Å²) in [5.74, 6) is 0.442. The number of hydrogen-bond acceptors (Lipinski definition) is 1. The van der Waals surface area contributed by atoms with E-state index in [0.29, 0.717) is 5.92 Å². The SMILES string of the molecule is CCCCCCCC(Cc1ccccc1)C(N)(Cc1ccccc1)Cc1ccccc1.Cl. The van der Waals surface area contributed by atoms with Gasteiger partial charge in [0.05, 0.1) is 0 Å². The first kappa shape index (κ1) is 26.2. The van der Waals surface area contributed by atoms with Crippen LogP contribution in [0.3, 0.4) is 0 Å². The molecule has 0 fully saturated rings. The Morgan fingerprint density at radius 3 is 1.53 bits per heavy atom. The zero-order valence-corrected chi connectivity index (χ0v) is 20.4. The fourth-order valence-corrected chi connectivity index (χ4v) is 4.79. The molecule has 32 heavy (non-hydrogen) atoms. The highest BCUT2D eigenvalue weighted by atomic mass is 35.5. The monoisotopic (exact) mass is 449 g/mol. The number of hydrogen-bond donors (Lipinski definition) is 1. The summed E-state index contributed by atoms with van der Waals surface area (Å²) in [5, 5.41) is 0. The van der Waals surface area contributed by atoms with Gasteiger partial charge in [-0.25, -0.2) is 0 Å². The minimum absolute atomic E-state index is 0. The molecule has 0 heterocycles. The molecule has 0 aliphatic carbocycles. The first-order valence-corrected chi connectivity index (χ1v) is 12.1. The molecule has 1 nitrogen and oxygen atoms in total. The molecule has 172 valence electrons. The molecule has 0 aromatic heterocycles. The van der Waals surface area contributed by atoms with Crippen molar-refractivity contribution in [3.05, 3.63) is 108 Å². The molecule has 2 N–H and O–H groups in total. The van der Waals surface area contributed by atoms with Gasteiger partial charge in [0, 0.05) is 5.54 Å². The lowest BCUT2D eigenvalue weighted by Gasteiger charge is -2.39. The molecule has 0 saturated carbocycles. The van der Waals surface area contributed by atoms with Crippen LogP contribution in [0.2, 0.25) is 0 Å². The molecule has 0 bridgehead atoms. The van der Waals surface area contributed by atoms with E-state index in [1.165, 1.54) is 55.2 Å². The van der Waals surface area contributed by atoms with Gasteiger partial charge in [0.15, 0.2) is 0 Å². The maximum absolute atomic E-state index is 7.40. The van der Waals surface area contributed by atoms with E-state index in [1.54, 1.807) is 0 Å². The van der Waals surface area contributed by atoms with Crippen molar-refractivity contribution in [3.8, 4) is 0 Å². The van der Waals surface area contributed by atoms with Crippen LogP contribution < -0.4 is 5.73 Å². The summed E-state index contributed by atoms with van der Waals surface area (Å²) in [6, 6.07) is 32.6. The first-order valence-electron chi connectivity index (χ1n) is 12.1. The number of benzene rings is 3. The largest absolute Gasteiger partial charge is 0.324 e. The summed E-state index contributed by atoms with van der Waals surface area (Å²) in [6.07, 6.45) is 10.6. The summed E-state index contributed by atoms with van der Waals surface area (Å²) in [4.78, 5) is 0. The van der Waals surface area contributed by atoms with Crippen molar-refractivity contribution in [2.24, 2.45) is 11.7 Å². The molecular weight excluding hydrogens is 410 g/mol. The van der Waals surface area contributed by atoms with Crippen LogP contribution in [0.4, 0.5) is 0 Å². The Kier molecular flexibility index (Phi) is 11.6. The molecule has 3 aromatic carbocycles. The summed E-state index contributed by atoms with van der Waals surface area (Å²) < 4.78 is 0. The average molecular weight is 450 g/mol. The molecule has 1 unspecified atom stereocenters. The summed E-state index contributed by atoms with van der Waals surface area (Å²) in [7, 11) is 0. The number of halogens is 1. The lowest BCUT2D eigenvalue weighted by Crippen LogP contribution is -2.52. The maximum atomic E-state index is 7.40. The highest BCUT2D eigenvalue weighted by Gasteiger charge is 2.35. The van der Waals surface area contributed by atoms with Crippen LogP contribution >= 0.6 is 12.4 Å². The van der Waals surface area contributed by atoms with Crippen LogP contribution in [-0.4, -0.2) is 5.54 Å². The van der Waals surface area contributed by atoms with Crippen LogP contribution in [0, 0.1) is 5.92 Å². The van der Waals surface area contributed by atoms with Crippen LogP contribution in [-0.2, 0) is 19.3 Å². The highest BCUT2D eigenvalue weighted by molar-refractivity contribution is 5.85. The van der Waals surface area contributed by atoms with Crippen LogP contribution in [0.1, 0.15) is 62.1 Å². The van der Waals surface area contributed by atoms with Crippen molar-refractivity contribution in [3.63, 3.8) is 0 Å². The molecule has 3 aromatic rings. The molecule has 0 amide bonds. The fraction of sp³-hybridized carbons (Fsp3) is 0.400. The van der Waals surface area contributed by atoms with Crippen LogP contribution in [0.5, 0.6) is 0 Å². The Balaban J connectivity index is 0.00000363. The molecule has 2 heteroatoms. The van der Waals surface area contributed by atoms with Crippen molar-refractivity contribution in [2.75, 3.05) is 0 Å². The predicted octanol–water partition coefficient (Wildman–Crippen LogP) is 7.81. The quantitative estimate of drug-likeness (QED) is 0.264. The zero-order valence-electron chi connectivity index (χ0n) is 19.6. The van der Waals surface area contributed by atoms with Crippen molar-refractivity contribution < 1.29 is 0 Å². The summed E-state index contributed by atoms with van der Waals surface area (Å²) >= 11 is 0. The average Bonchev–Trinajstić information content (AvgIpc) is 2.80. The van der Waals surface area contributed by atoms with Gasteiger partial charge in [0.25, 0.3) is 0 Å². The third-order valence-electron chi connectivity index (χ3n) is 6.55. The zero-order chi connectivity index (χ0) is 21.8. The number of unbranched alkanes of at least 4 members (excludes halogenated alkanes) is 4. The van der Waals surface area contributed by atoms with Crippen molar-refractivity contribution in [1.82, 2.24) is 0 Å². The maximum Gasteiger partial charge on any atom is 0.0267 e. The Hall–Kier alpha value is -2.09. The minimum Gasteiger partial charge on any atom is -0.324 e. The minimum atomic E-state index is -0.274. The third-order valence-corrected chi connectivity index (χ3v) is 6.55. The molecule has 0 radical (unpaired) electrons. The van der Waals surface area contributed by atoms with Gasteiger partial charge in [-0.1, -0.05) is 130 Å². The van der Waals surface area contributed by atoms with Gasteiger partial charge in [0.1, 0.15) is 0 Å². The summed E-state index contributed by atoms with van der Waals surface area (Å²) in [6.45, 7) is 2.28. The van der Waals surface area contributed by atoms with Gasteiger partial charge in [-0.15, -0.1) is 12.4 Å². The molecule has 1 atom stereocenters. The molecular formula is C30H40ClN. The van der Waals surface area contributed by atoms with E-state index in [1.807, 2.05) is 0 Å². The molecule has 0 saturated heterocycles. The van der Waals surface area contributed by atoms with Crippen molar-refractivity contribution in [1.29, 1.82) is 0 Å². The third kappa shape index (κ3) is 8.45. The van der Waals surface area contributed by atoms with Crippen molar-refractivity contribution >= 4 is 12.4 Å². The highest BCUT2D eigenvalue weighted by Crippen LogP contribution is 2.32. The molecule has 0 spiro atoms. The first-order chi connectivity index (χ1) is 15.2. The van der Waals surface area contributed by atoms with E-state index in [9.17, 15) is 0 Å². The molecule has 0 aliphatic rings. The predicted molar refractivity (Wildman–Crippen MR) is 141 cm³/mol. The van der Waals surface area contributed by atoms with Gasteiger partial charge in [-0.2, -0.15) is 0 Å². The lowest BCUT2D eigenvalue weighted by molar-refractivity contribution is 0.241. The smallest absolute Gasteiger partial charge is 0.0267 e. The molecule has 0 aliphatic heterocycles. The van der Waals surface area contributed by atoms with Gasteiger partial charge < -0.3 is 5.73 Å². The van der Waals surface area contributed by atoms with E-state index in [0.717, 1.165) is 19.3 Å². The number of rotatable bonds is 13. The Bertz CT molecular complexity index is 806. The Morgan fingerprint density at radius 2 is 1.06 bits per heavy atom. The normalized spacial score (nSPS) is 12.2. The summed E-state index contributed by atoms with van der Waals surface area (Å²) in [5.41, 5.74) is 11.2. The van der Waals surface area contributed by atoms with E-state index in [-0.39, 0.29) is 17.9 Å². The van der Waals surface area contributed by atoms with E-state index in [4.69, 9.17) is 5.73 Å². The number of nitrogens with two attached hydrogens (primary N) is 1. The van der Waals surface area contributed by atoms with Crippen LogP contribution in [0.15, 0.2) is 91.0 Å². The Labute approximate surface area is 201 Å². The van der Waals surface area contributed by atoms with E-state index < -0.39 is 0 Å². The van der Waals surface area contributed by atoms with Gasteiger partial charge in [-0.3, -0.25) is 0 Å².